The summed E-state index contributed by atoms with van der Waals surface area (Å²) < 4.78 is 10.4. The van der Waals surface area contributed by atoms with E-state index in [1.807, 2.05) is 30.3 Å². The first-order chi connectivity index (χ1) is 13.3. The normalized spacial score (nSPS) is 11.7. The van der Waals surface area contributed by atoms with Crippen molar-refractivity contribution < 1.29 is 9.21 Å². The summed E-state index contributed by atoms with van der Waals surface area (Å²) in [6, 6.07) is 10.9. The third-order valence-corrected chi connectivity index (χ3v) is 5.48. The highest BCUT2D eigenvalue weighted by Crippen LogP contribution is 2.30. The van der Waals surface area contributed by atoms with E-state index < -0.39 is 5.91 Å². The Bertz CT molecular complexity index is 1330. The first kappa shape index (κ1) is 18.7. The first-order valence-electron chi connectivity index (χ1n) is 8.22. The van der Waals surface area contributed by atoms with Gasteiger partial charge in [-0.2, -0.15) is 5.10 Å². The van der Waals surface area contributed by atoms with Crippen LogP contribution in [0.15, 0.2) is 59.7 Å². The lowest BCUT2D eigenvalue weighted by Crippen LogP contribution is -2.19. The maximum Gasteiger partial charge on any atom is 0.328 e. The summed E-state index contributed by atoms with van der Waals surface area (Å²) in [6.45, 7) is 0. The second-order valence-electron chi connectivity index (χ2n) is 6.26. The van der Waals surface area contributed by atoms with Crippen LogP contribution in [-0.2, 0) is 14.1 Å². The zero-order chi connectivity index (χ0) is 20.0. The molecule has 0 saturated heterocycles. The predicted molar refractivity (Wildman–Crippen MR) is 115 cm³/mol. The summed E-state index contributed by atoms with van der Waals surface area (Å²) >= 11 is 6.82. The molecular weight excluding hydrogens is 492 g/mol. The van der Waals surface area contributed by atoms with Crippen molar-refractivity contribution in [2.45, 2.75) is 0 Å². The number of imidazole rings is 1. The van der Waals surface area contributed by atoms with Crippen LogP contribution in [0, 0.1) is 0 Å². The molecule has 0 fully saturated rings. The first-order valence-corrected chi connectivity index (χ1v) is 9.81. The summed E-state index contributed by atoms with van der Waals surface area (Å²) in [4.78, 5) is 24.3. The number of nitrogens with zero attached hydrogens (tertiary/aromatic N) is 3. The number of aryl methyl sites for hydroxylation is 2. The quantitative estimate of drug-likeness (QED) is 0.338. The molecule has 2 heterocycles. The van der Waals surface area contributed by atoms with Crippen molar-refractivity contribution in [1.29, 1.82) is 0 Å². The van der Waals surface area contributed by atoms with E-state index in [-0.39, 0.29) is 11.4 Å². The van der Waals surface area contributed by atoms with Gasteiger partial charge in [0.2, 0.25) is 0 Å². The summed E-state index contributed by atoms with van der Waals surface area (Å²) in [5.74, 6) is -0.296. The van der Waals surface area contributed by atoms with Gasteiger partial charge in [-0.3, -0.25) is 13.9 Å². The smallest absolute Gasteiger partial charge is 0.328 e. The molecule has 2 aromatic heterocycles. The van der Waals surface area contributed by atoms with E-state index >= 15 is 0 Å². The molecule has 0 aliphatic carbocycles. The van der Waals surface area contributed by atoms with Gasteiger partial charge in [-0.15, -0.1) is 0 Å². The Labute approximate surface area is 175 Å². The fourth-order valence-corrected chi connectivity index (χ4v) is 4.35. The highest BCUT2D eigenvalue weighted by Gasteiger charge is 2.14. The molecule has 4 rings (SSSR count). The maximum absolute atomic E-state index is 12.3. The van der Waals surface area contributed by atoms with Crippen LogP contribution >= 0.6 is 31.9 Å². The molecule has 0 unspecified atom stereocenters. The van der Waals surface area contributed by atoms with Crippen molar-refractivity contribution in [3.63, 3.8) is 0 Å². The summed E-state index contributed by atoms with van der Waals surface area (Å²) in [6.07, 6.45) is 1.52. The second-order valence-corrected chi connectivity index (χ2v) is 8.03. The molecule has 1 N–H and O–H groups in total. The minimum atomic E-state index is -0.455. The molecule has 0 saturated carbocycles. The topological polar surface area (TPSA) is 81.5 Å². The third kappa shape index (κ3) is 3.20. The van der Waals surface area contributed by atoms with Gasteiger partial charge in [0.05, 0.1) is 21.7 Å². The lowest BCUT2D eigenvalue weighted by atomic mass is 10.2. The number of carbonyl (C=O) groups is 1. The average Bonchev–Trinajstić information content (AvgIpc) is 3.18. The number of nitrogens with one attached hydrogen (secondary N) is 1. The highest BCUT2D eigenvalue weighted by molar-refractivity contribution is 9.11. The Morgan fingerprint density at radius 2 is 1.86 bits per heavy atom. The largest absolute Gasteiger partial charge is 0.450 e. The zero-order valence-corrected chi connectivity index (χ0v) is 18.0. The van der Waals surface area contributed by atoms with Crippen LogP contribution in [0.5, 0.6) is 0 Å². The van der Waals surface area contributed by atoms with Gasteiger partial charge in [-0.05, 0) is 51.8 Å². The van der Waals surface area contributed by atoms with Gasteiger partial charge in [0.15, 0.2) is 5.76 Å². The predicted octanol–water partition coefficient (Wildman–Crippen LogP) is 3.91. The van der Waals surface area contributed by atoms with Crippen LogP contribution in [0.4, 0.5) is 0 Å². The van der Waals surface area contributed by atoms with E-state index in [1.54, 1.807) is 29.3 Å². The van der Waals surface area contributed by atoms with E-state index in [4.69, 9.17) is 4.42 Å². The number of hydrogen-bond acceptors (Lipinski definition) is 4. The Morgan fingerprint density at radius 3 is 2.64 bits per heavy atom. The molecule has 142 valence electrons. The molecule has 0 radical (unpaired) electrons. The summed E-state index contributed by atoms with van der Waals surface area (Å²) in [5.41, 5.74) is 5.32. The van der Waals surface area contributed by atoms with Gasteiger partial charge in [0, 0.05) is 24.0 Å². The van der Waals surface area contributed by atoms with Gasteiger partial charge in [0.1, 0.15) is 5.58 Å². The second kappa shape index (κ2) is 7.06. The van der Waals surface area contributed by atoms with E-state index in [9.17, 15) is 9.59 Å². The molecule has 28 heavy (non-hydrogen) atoms. The van der Waals surface area contributed by atoms with Crippen molar-refractivity contribution in [2.75, 3.05) is 0 Å². The lowest BCUT2D eigenvalue weighted by Gasteiger charge is -1.98. The summed E-state index contributed by atoms with van der Waals surface area (Å²) in [5, 5.41) is 4.79. The van der Waals surface area contributed by atoms with Crippen LogP contribution in [-0.4, -0.2) is 21.3 Å². The van der Waals surface area contributed by atoms with Crippen molar-refractivity contribution in [2.24, 2.45) is 19.2 Å². The molecule has 1 amide bonds. The zero-order valence-electron chi connectivity index (χ0n) is 14.9. The number of hydrogen-bond donors (Lipinski definition) is 1. The van der Waals surface area contributed by atoms with Crippen LogP contribution in [0.3, 0.4) is 0 Å². The number of hydrazone groups is 1. The molecular formula is C19H14Br2N4O3. The van der Waals surface area contributed by atoms with Gasteiger partial charge in [-0.25, -0.2) is 10.2 Å². The molecule has 0 bridgehead atoms. The van der Waals surface area contributed by atoms with Crippen molar-refractivity contribution in [3.05, 3.63) is 67.2 Å². The molecule has 7 nitrogen and oxygen atoms in total. The number of benzene rings is 2. The fraction of sp³-hybridized carbons (Fsp3) is 0.105. The van der Waals surface area contributed by atoms with Crippen molar-refractivity contribution in [1.82, 2.24) is 14.6 Å². The van der Waals surface area contributed by atoms with Crippen molar-refractivity contribution >= 4 is 66.0 Å². The Morgan fingerprint density at radius 1 is 1.11 bits per heavy atom. The van der Waals surface area contributed by atoms with Gasteiger partial charge >= 0.3 is 11.6 Å². The van der Waals surface area contributed by atoms with E-state index in [0.717, 1.165) is 30.9 Å². The standard InChI is InChI=1S/C19H14Br2N4O3/c1-24-14-4-3-10(5-15(14)25(2)19(24)27)9-22-23-18(26)16-7-11-6-12(20)8-13(21)17(11)28-16/h3-9H,1-2H3,(H,23,26)/b22-9-. The van der Waals surface area contributed by atoms with E-state index in [0.29, 0.717) is 5.58 Å². The minimum absolute atomic E-state index is 0.0972. The van der Waals surface area contributed by atoms with Gasteiger partial charge < -0.3 is 4.42 Å². The lowest BCUT2D eigenvalue weighted by molar-refractivity contribution is 0.0929. The third-order valence-electron chi connectivity index (χ3n) is 4.44. The number of furan rings is 1. The molecule has 0 aliphatic heterocycles. The molecule has 0 atom stereocenters. The number of halogens is 2. The van der Waals surface area contributed by atoms with E-state index in [2.05, 4.69) is 42.4 Å². The number of amides is 1. The van der Waals surface area contributed by atoms with Crippen LogP contribution < -0.4 is 11.1 Å². The molecule has 0 spiro atoms. The minimum Gasteiger partial charge on any atom is -0.450 e. The Kier molecular flexibility index (Phi) is 4.72. The Hall–Kier alpha value is -2.65. The SMILES string of the molecule is Cn1c(=O)n(C)c2cc(/C=N\NC(=O)c3cc4cc(Br)cc(Br)c4o3)ccc21. The average molecular weight is 506 g/mol. The highest BCUT2D eigenvalue weighted by atomic mass is 79.9. The van der Waals surface area contributed by atoms with Crippen LogP contribution in [0.25, 0.3) is 22.0 Å². The van der Waals surface area contributed by atoms with Gasteiger partial charge in [-0.1, -0.05) is 22.0 Å². The van der Waals surface area contributed by atoms with Crippen LogP contribution in [0.2, 0.25) is 0 Å². The molecule has 9 heteroatoms. The monoisotopic (exact) mass is 504 g/mol. The number of rotatable bonds is 3. The van der Waals surface area contributed by atoms with Crippen molar-refractivity contribution in [3.8, 4) is 0 Å². The van der Waals surface area contributed by atoms with Crippen LogP contribution in [0.1, 0.15) is 16.1 Å². The number of aromatic nitrogens is 2. The number of carbonyl (C=O) groups excluding carboxylic acids is 1. The fourth-order valence-electron chi connectivity index (χ4n) is 3.01. The molecule has 0 aliphatic rings. The molecule has 4 aromatic rings. The Balaban J connectivity index is 1.55. The van der Waals surface area contributed by atoms with E-state index in [1.165, 1.54) is 6.21 Å². The number of fused-ring (bicyclic) bond motifs is 2. The van der Waals surface area contributed by atoms with Gasteiger partial charge in [0.25, 0.3) is 0 Å². The maximum atomic E-state index is 12.3. The summed E-state index contributed by atoms with van der Waals surface area (Å²) in [7, 11) is 3.44. The molecule has 2 aromatic carbocycles.